The summed E-state index contributed by atoms with van der Waals surface area (Å²) in [7, 11) is 1.62. The molecule has 0 bridgehead atoms. The molecule has 2 aliphatic heterocycles. The standard InChI is InChI=1S/C22H32N6O4/c1-22(21(32)24-15-7-3-4-8-15)14-28-17(20(31)26(22)2)13-16(25-28)19(30)23-10-6-12-27-11-5-9-18(27)29/h13,15H,3-12,14H2,1-2H3,(H,23,30)(H,24,32)/t22-/m1/s1. The monoisotopic (exact) mass is 444 g/mol. The lowest BCUT2D eigenvalue weighted by Gasteiger charge is -2.41. The van der Waals surface area contributed by atoms with Crippen LogP contribution in [0.1, 0.15) is 72.8 Å². The lowest BCUT2D eigenvalue weighted by atomic mass is 9.95. The van der Waals surface area contributed by atoms with Crippen LogP contribution in [0, 0.1) is 0 Å². The van der Waals surface area contributed by atoms with Gasteiger partial charge in [-0.15, -0.1) is 0 Å². The summed E-state index contributed by atoms with van der Waals surface area (Å²) >= 11 is 0. The number of aromatic nitrogens is 2. The lowest BCUT2D eigenvalue weighted by molar-refractivity contribution is -0.133. The Hall–Kier alpha value is -2.91. The number of rotatable bonds is 7. The molecule has 1 aliphatic carbocycles. The van der Waals surface area contributed by atoms with Crippen molar-refractivity contribution in [1.29, 1.82) is 0 Å². The molecule has 1 saturated heterocycles. The zero-order valence-electron chi connectivity index (χ0n) is 18.9. The number of nitrogens with one attached hydrogen (secondary N) is 2. The molecule has 3 aliphatic rings. The van der Waals surface area contributed by atoms with Gasteiger partial charge in [-0.3, -0.25) is 23.9 Å². The van der Waals surface area contributed by atoms with E-state index in [2.05, 4.69) is 15.7 Å². The van der Waals surface area contributed by atoms with Crippen molar-refractivity contribution in [3.05, 3.63) is 17.5 Å². The molecule has 1 saturated carbocycles. The quantitative estimate of drug-likeness (QED) is 0.595. The Kier molecular flexibility index (Phi) is 6.21. The van der Waals surface area contributed by atoms with Gasteiger partial charge in [0.15, 0.2) is 5.69 Å². The first-order chi connectivity index (χ1) is 15.3. The third-order valence-corrected chi connectivity index (χ3v) is 6.98. The van der Waals surface area contributed by atoms with Gasteiger partial charge in [0.1, 0.15) is 11.2 Å². The maximum atomic E-state index is 13.0. The number of fused-ring (bicyclic) bond motifs is 1. The molecule has 0 radical (unpaired) electrons. The van der Waals surface area contributed by atoms with Crippen LogP contribution in [-0.2, 0) is 16.1 Å². The van der Waals surface area contributed by atoms with E-state index >= 15 is 0 Å². The Morgan fingerprint density at radius 3 is 2.66 bits per heavy atom. The maximum Gasteiger partial charge on any atom is 0.272 e. The summed E-state index contributed by atoms with van der Waals surface area (Å²) in [6, 6.07) is 1.63. The van der Waals surface area contributed by atoms with Crippen molar-refractivity contribution < 1.29 is 19.2 Å². The van der Waals surface area contributed by atoms with Gasteiger partial charge < -0.3 is 20.4 Å². The molecular formula is C22H32N6O4. The molecule has 1 aromatic heterocycles. The van der Waals surface area contributed by atoms with Gasteiger partial charge in [0.05, 0.1) is 6.54 Å². The number of carbonyl (C=O) groups is 4. The lowest BCUT2D eigenvalue weighted by Crippen LogP contribution is -2.63. The molecule has 2 fully saturated rings. The predicted molar refractivity (Wildman–Crippen MR) is 116 cm³/mol. The van der Waals surface area contributed by atoms with Gasteiger partial charge in [0, 0.05) is 45.2 Å². The molecule has 0 unspecified atom stereocenters. The number of hydrogen-bond acceptors (Lipinski definition) is 5. The van der Waals surface area contributed by atoms with Crippen LogP contribution in [0.3, 0.4) is 0 Å². The van der Waals surface area contributed by atoms with Crippen LogP contribution >= 0.6 is 0 Å². The number of likely N-dealkylation sites (N-methyl/N-ethyl adjacent to an activating group) is 1. The zero-order valence-corrected chi connectivity index (χ0v) is 18.9. The van der Waals surface area contributed by atoms with Crippen molar-refractivity contribution >= 4 is 23.6 Å². The highest BCUT2D eigenvalue weighted by Crippen LogP contribution is 2.27. The van der Waals surface area contributed by atoms with E-state index in [1.54, 1.807) is 14.0 Å². The van der Waals surface area contributed by atoms with Gasteiger partial charge in [0.2, 0.25) is 11.8 Å². The van der Waals surface area contributed by atoms with Gasteiger partial charge in [-0.25, -0.2) is 0 Å². The Morgan fingerprint density at radius 1 is 1.22 bits per heavy atom. The summed E-state index contributed by atoms with van der Waals surface area (Å²) in [6.07, 6.45) is 6.29. The van der Waals surface area contributed by atoms with Crippen molar-refractivity contribution in [3.63, 3.8) is 0 Å². The Balaban J connectivity index is 1.37. The normalized spacial score (nSPS) is 23.6. The average Bonchev–Trinajstić information content (AvgIpc) is 3.51. The van der Waals surface area contributed by atoms with Crippen molar-refractivity contribution in [2.75, 3.05) is 26.7 Å². The molecule has 0 spiro atoms. The fourth-order valence-electron chi connectivity index (χ4n) is 4.75. The van der Waals surface area contributed by atoms with Crippen LogP contribution in [0.4, 0.5) is 0 Å². The molecule has 1 atom stereocenters. The van der Waals surface area contributed by atoms with Gasteiger partial charge in [0.25, 0.3) is 11.8 Å². The fourth-order valence-corrected chi connectivity index (χ4v) is 4.75. The number of nitrogens with zero attached hydrogens (tertiary/aromatic N) is 4. The van der Waals surface area contributed by atoms with Crippen LogP contribution in [0.2, 0.25) is 0 Å². The molecular weight excluding hydrogens is 412 g/mol. The summed E-state index contributed by atoms with van der Waals surface area (Å²) < 4.78 is 1.47. The van der Waals surface area contributed by atoms with E-state index in [-0.39, 0.29) is 41.9 Å². The van der Waals surface area contributed by atoms with Crippen LogP contribution in [0.15, 0.2) is 6.07 Å². The third-order valence-electron chi connectivity index (χ3n) is 6.98. The van der Waals surface area contributed by atoms with E-state index in [9.17, 15) is 19.2 Å². The van der Waals surface area contributed by atoms with Crippen LogP contribution in [0.25, 0.3) is 0 Å². The molecule has 10 heteroatoms. The second-order valence-corrected chi connectivity index (χ2v) is 9.26. The van der Waals surface area contributed by atoms with Gasteiger partial charge in [-0.05, 0) is 32.6 Å². The summed E-state index contributed by atoms with van der Waals surface area (Å²) in [5, 5.41) is 10.2. The zero-order chi connectivity index (χ0) is 22.9. The van der Waals surface area contributed by atoms with Gasteiger partial charge in [-0.2, -0.15) is 5.10 Å². The SMILES string of the molecule is CN1C(=O)c2cc(C(=O)NCCCN3CCCC3=O)nn2C[C@]1(C)C(=O)NC1CCCC1. The maximum absolute atomic E-state index is 13.0. The van der Waals surface area contributed by atoms with Gasteiger partial charge in [-0.1, -0.05) is 12.8 Å². The smallest absolute Gasteiger partial charge is 0.272 e. The third kappa shape index (κ3) is 4.22. The molecule has 4 rings (SSSR count). The number of carbonyl (C=O) groups excluding carboxylic acids is 4. The first-order valence-corrected chi connectivity index (χ1v) is 11.5. The number of likely N-dealkylation sites (tertiary alicyclic amines) is 1. The summed E-state index contributed by atoms with van der Waals surface area (Å²) in [5.74, 6) is -0.726. The Morgan fingerprint density at radius 2 is 1.97 bits per heavy atom. The summed E-state index contributed by atoms with van der Waals surface area (Å²) in [5.41, 5.74) is -0.625. The molecule has 32 heavy (non-hydrogen) atoms. The fraction of sp³-hybridized carbons (Fsp3) is 0.682. The van der Waals surface area contributed by atoms with E-state index in [1.165, 1.54) is 15.6 Å². The molecule has 1 aromatic rings. The molecule has 174 valence electrons. The Labute approximate surface area is 187 Å². The highest BCUT2D eigenvalue weighted by molar-refractivity contribution is 6.01. The Bertz CT molecular complexity index is 922. The topological polar surface area (TPSA) is 117 Å². The second-order valence-electron chi connectivity index (χ2n) is 9.26. The molecule has 2 N–H and O–H groups in total. The minimum absolute atomic E-state index is 0.152. The predicted octanol–water partition coefficient (Wildman–Crippen LogP) is 0.529. The second kappa shape index (κ2) is 8.91. The molecule has 10 nitrogen and oxygen atoms in total. The first kappa shape index (κ1) is 22.3. The van der Waals surface area contributed by atoms with Crippen molar-refractivity contribution in [2.24, 2.45) is 0 Å². The van der Waals surface area contributed by atoms with Crippen LogP contribution in [-0.4, -0.2) is 81.5 Å². The van der Waals surface area contributed by atoms with Crippen LogP contribution < -0.4 is 10.6 Å². The van der Waals surface area contributed by atoms with E-state index in [1.807, 2.05) is 4.90 Å². The molecule has 0 aromatic carbocycles. The highest BCUT2D eigenvalue weighted by atomic mass is 16.2. The van der Waals surface area contributed by atoms with E-state index < -0.39 is 5.54 Å². The number of hydrogen-bond donors (Lipinski definition) is 2. The minimum atomic E-state index is -1.07. The first-order valence-electron chi connectivity index (χ1n) is 11.5. The van der Waals surface area contributed by atoms with E-state index in [0.717, 1.165) is 38.6 Å². The summed E-state index contributed by atoms with van der Waals surface area (Å²) in [6.45, 7) is 3.74. The van der Waals surface area contributed by atoms with Gasteiger partial charge >= 0.3 is 0 Å². The average molecular weight is 445 g/mol. The molecule has 4 amide bonds. The van der Waals surface area contributed by atoms with Crippen LogP contribution in [0.5, 0.6) is 0 Å². The molecule has 3 heterocycles. The van der Waals surface area contributed by atoms with Crippen molar-refractivity contribution in [3.8, 4) is 0 Å². The van der Waals surface area contributed by atoms with Crippen molar-refractivity contribution in [1.82, 2.24) is 30.2 Å². The van der Waals surface area contributed by atoms with E-state index in [0.29, 0.717) is 31.6 Å². The number of amides is 4. The highest BCUT2D eigenvalue weighted by Gasteiger charge is 2.46. The summed E-state index contributed by atoms with van der Waals surface area (Å²) in [4.78, 5) is 53.5. The van der Waals surface area contributed by atoms with Crippen molar-refractivity contribution in [2.45, 2.75) is 70.0 Å². The largest absolute Gasteiger partial charge is 0.351 e. The van der Waals surface area contributed by atoms with E-state index in [4.69, 9.17) is 0 Å². The minimum Gasteiger partial charge on any atom is -0.351 e.